The first kappa shape index (κ1) is 17.3. The van der Waals surface area contributed by atoms with Gasteiger partial charge in [-0.25, -0.2) is 0 Å². The quantitative estimate of drug-likeness (QED) is 0.885. The van der Waals surface area contributed by atoms with Crippen LogP contribution in [-0.4, -0.2) is 41.0 Å². The van der Waals surface area contributed by atoms with E-state index in [2.05, 4.69) is 5.32 Å². The molecule has 2 aromatic rings. The van der Waals surface area contributed by atoms with Gasteiger partial charge in [-0.1, -0.05) is 23.7 Å². The molecule has 1 fully saturated rings. The van der Waals surface area contributed by atoms with Crippen LogP contribution >= 0.6 is 11.6 Å². The van der Waals surface area contributed by atoms with Crippen LogP contribution in [0.3, 0.4) is 0 Å². The van der Waals surface area contributed by atoms with Gasteiger partial charge in [-0.3, -0.25) is 9.59 Å². The molecular formula is C19H19ClN2O3. The second-order valence-electron chi connectivity index (χ2n) is 6.06. The van der Waals surface area contributed by atoms with E-state index in [9.17, 15) is 14.7 Å². The second-order valence-corrected chi connectivity index (χ2v) is 6.50. The Balaban J connectivity index is 1.55. The number of carbonyl (C=O) groups excluding carboxylic acids is 2. The number of nitrogens with one attached hydrogen (secondary N) is 1. The largest absolute Gasteiger partial charge is 0.507 e. The summed E-state index contributed by atoms with van der Waals surface area (Å²) >= 11 is 5.83. The van der Waals surface area contributed by atoms with Crippen LogP contribution in [0, 0.1) is 0 Å². The van der Waals surface area contributed by atoms with Crippen molar-refractivity contribution in [1.29, 1.82) is 0 Å². The smallest absolute Gasteiger partial charge is 0.257 e. The summed E-state index contributed by atoms with van der Waals surface area (Å²) in [6.07, 6.45) is 1.36. The molecule has 0 bridgehead atoms. The van der Waals surface area contributed by atoms with E-state index < -0.39 is 0 Å². The van der Waals surface area contributed by atoms with Crippen molar-refractivity contribution in [2.24, 2.45) is 0 Å². The molecule has 6 heteroatoms. The fraction of sp³-hybridized carbons (Fsp3) is 0.263. The van der Waals surface area contributed by atoms with E-state index in [1.807, 2.05) is 0 Å². The number of likely N-dealkylation sites (tertiary alicyclic amines) is 1. The highest BCUT2D eigenvalue weighted by molar-refractivity contribution is 6.30. The molecule has 0 aliphatic carbocycles. The number of nitrogens with zero attached hydrogens (tertiary/aromatic N) is 1. The molecule has 5 nitrogen and oxygen atoms in total. The van der Waals surface area contributed by atoms with Crippen molar-refractivity contribution in [1.82, 2.24) is 10.2 Å². The van der Waals surface area contributed by atoms with Crippen molar-refractivity contribution in [2.75, 3.05) is 13.1 Å². The highest BCUT2D eigenvalue weighted by Gasteiger charge is 2.26. The minimum Gasteiger partial charge on any atom is -0.507 e. The monoisotopic (exact) mass is 358 g/mol. The van der Waals surface area contributed by atoms with Crippen LogP contribution in [0.25, 0.3) is 0 Å². The number of halogens is 1. The highest BCUT2D eigenvalue weighted by atomic mass is 35.5. The van der Waals surface area contributed by atoms with E-state index >= 15 is 0 Å². The minimum atomic E-state index is -0.180. The van der Waals surface area contributed by atoms with E-state index in [0.717, 1.165) is 0 Å². The third kappa shape index (κ3) is 4.12. The minimum absolute atomic E-state index is 0.00864. The topological polar surface area (TPSA) is 69.6 Å². The molecule has 0 saturated carbocycles. The second kappa shape index (κ2) is 7.57. The van der Waals surface area contributed by atoms with E-state index in [1.54, 1.807) is 47.4 Å². The van der Waals surface area contributed by atoms with E-state index in [0.29, 0.717) is 42.1 Å². The fourth-order valence-electron chi connectivity index (χ4n) is 2.92. The maximum Gasteiger partial charge on any atom is 0.257 e. The molecule has 1 aliphatic rings. The normalized spacial score (nSPS) is 15.0. The van der Waals surface area contributed by atoms with Crippen LogP contribution in [0.2, 0.25) is 5.02 Å². The molecule has 0 radical (unpaired) electrons. The SMILES string of the molecule is O=C(NC1CCN(C(=O)c2ccccc2O)CC1)c1ccc(Cl)cc1. The Morgan fingerprint density at radius 3 is 2.32 bits per heavy atom. The van der Waals surface area contributed by atoms with Gasteiger partial charge in [0.15, 0.2) is 0 Å². The summed E-state index contributed by atoms with van der Waals surface area (Å²) in [6, 6.07) is 13.3. The van der Waals surface area contributed by atoms with Gasteiger partial charge in [0.25, 0.3) is 11.8 Å². The molecule has 1 saturated heterocycles. The van der Waals surface area contributed by atoms with Gasteiger partial charge in [-0.15, -0.1) is 0 Å². The summed E-state index contributed by atoms with van der Waals surface area (Å²) in [4.78, 5) is 26.4. The Kier molecular flexibility index (Phi) is 5.24. The maximum atomic E-state index is 12.5. The van der Waals surface area contributed by atoms with Crippen LogP contribution < -0.4 is 5.32 Å². The first-order chi connectivity index (χ1) is 12.0. The van der Waals surface area contributed by atoms with Crippen molar-refractivity contribution in [3.05, 3.63) is 64.7 Å². The molecule has 1 aliphatic heterocycles. The molecule has 0 aromatic heterocycles. The summed E-state index contributed by atoms with van der Waals surface area (Å²) in [5.41, 5.74) is 0.878. The van der Waals surface area contributed by atoms with Gasteiger partial charge in [-0.05, 0) is 49.2 Å². The molecule has 0 unspecified atom stereocenters. The van der Waals surface area contributed by atoms with Crippen LogP contribution in [0.1, 0.15) is 33.6 Å². The fourth-order valence-corrected chi connectivity index (χ4v) is 3.05. The molecule has 3 rings (SSSR count). The lowest BCUT2D eigenvalue weighted by Gasteiger charge is -2.32. The van der Waals surface area contributed by atoms with Crippen LogP contribution in [0.4, 0.5) is 0 Å². The number of para-hydroxylation sites is 1. The van der Waals surface area contributed by atoms with Crippen molar-refractivity contribution in [2.45, 2.75) is 18.9 Å². The van der Waals surface area contributed by atoms with Gasteiger partial charge in [-0.2, -0.15) is 0 Å². The first-order valence-corrected chi connectivity index (χ1v) is 8.56. The van der Waals surface area contributed by atoms with Gasteiger partial charge in [0.1, 0.15) is 5.75 Å². The van der Waals surface area contributed by atoms with Crippen molar-refractivity contribution in [3.8, 4) is 5.75 Å². The van der Waals surface area contributed by atoms with Crippen LogP contribution in [-0.2, 0) is 0 Å². The number of phenolic OH excluding ortho intramolecular Hbond substituents is 1. The van der Waals surface area contributed by atoms with Crippen molar-refractivity contribution in [3.63, 3.8) is 0 Å². The van der Waals surface area contributed by atoms with E-state index in [-0.39, 0.29) is 23.6 Å². The summed E-state index contributed by atoms with van der Waals surface area (Å²) in [5.74, 6) is -0.326. The number of phenols is 1. The Hall–Kier alpha value is -2.53. The van der Waals surface area contributed by atoms with E-state index in [1.165, 1.54) is 6.07 Å². The molecule has 25 heavy (non-hydrogen) atoms. The van der Waals surface area contributed by atoms with Gasteiger partial charge in [0.2, 0.25) is 0 Å². The van der Waals surface area contributed by atoms with Gasteiger partial charge >= 0.3 is 0 Å². The number of rotatable bonds is 3. The molecular weight excluding hydrogens is 340 g/mol. The lowest BCUT2D eigenvalue weighted by molar-refractivity contribution is 0.0695. The average molecular weight is 359 g/mol. The molecule has 0 atom stereocenters. The maximum absolute atomic E-state index is 12.5. The zero-order chi connectivity index (χ0) is 17.8. The molecule has 0 spiro atoms. The standard InChI is InChI=1S/C19H19ClN2O3/c20-14-7-5-13(6-8-14)18(24)21-15-9-11-22(12-10-15)19(25)16-3-1-2-4-17(16)23/h1-8,15,23H,9-12H2,(H,21,24). The summed E-state index contributed by atoms with van der Waals surface area (Å²) in [6.45, 7) is 1.08. The Morgan fingerprint density at radius 1 is 1.04 bits per heavy atom. The lowest BCUT2D eigenvalue weighted by Crippen LogP contribution is -2.46. The van der Waals surface area contributed by atoms with Gasteiger partial charge < -0.3 is 15.3 Å². The number of benzene rings is 2. The first-order valence-electron chi connectivity index (χ1n) is 8.18. The molecule has 2 N–H and O–H groups in total. The zero-order valence-corrected chi connectivity index (χ0v) is 14.4. The zero-order valence-electron chi connectivity index (χ0n) is 13.6. The van der Waals surface area contributed by atoms with Crippen molar-refractivity contribution < 1.29 is 14.7 Å². The lowest BCUT2D eigenvalue weighted by atomic mass is 10.0. The Labute approximate surface area is 151 Å². The summed E-state index contributed by atoms with van der Waals surface area (Å²) in [5, 5.41) is 13.4. The van der Waals surface area contributed by atoms with Crippen LogP contribution in [0.5, 0.6) is 5.75 Å². The Morgan fingerprint density at radius 2 is 1.68 bits per heavy atom. The average Bonchev–Trinajstić information content (AvgIpc) is 2.63. The number of carbonyl (C=O) groups is 2. The van der Waals surface area contributed by atoms with Gasteiger partial charge in [0, 0.05) is 29.7 Å². The predicted molar refractivity (Wildman–Crippen MR) is 96.0 cm³/mol. The molecule has 2 amide bonds. The van der Waals surface area contributed by atoms with Crippen LogP contribution in [0.15, 0.2) is 48.5 Å². The van der Waals surface area contributed by atoms with Crippen molar-refractivity contribution >= 4 is 23.4 Å². The number of hydrogen-bond donors (Lipinski definition) is 2. The summed E-state index contributed by atoms with van der Waals surface area (Å²) in [7, 11) is 0. The summed E-state index contributed by atoms with van der Waals surface area (Å²) < 4.78 is 0. The number of hydrogen-bond acceptors (Lipinski definition) is 3. The third-order valence-electron chi connectivity index (χ3n) is 4.36. The predicted octanol–water partition coefficient (Wildman–Crippen LogP) is 3.08. The van der Waals surface area contributed by atoms with E-state index in [4.69, 9.17) is 11.6 Å². The number of piperidine rings is 1. The molecule has 130 valence electrons. The van der Waals surface area contributed by atoms with Gasteiger partial charge in [0.05, 0.1) is 5.56 Å². The molecule has 1 heterocycles. The number of amides is 2. The highest BCUT2D eigenvalue weighted by Crippen LogP contribution is 2.20. The number of aromatic hydroxyl groups is 1. The molecule has 2 aromatic carbocycles. The Bertz CT molecular complexity index is 768. The third-order valence-corrected chi connectivity index (χ3v) is 4.61.